The zero-order chi connectivity index (χ0) is 26.3. The van der Waals surface area contributed by atoms with Gasteiger partial charge in [0, 0.05) is 25.6 Å². The summed E-state index contributed by atoms with van der Waals surface area (Å²) in [7, 11) is -3.92. The average Bonchev–Trinajstić information content (AvgIpc) is 3.07. The first-order valence-corrected chi connectivity index (χ1v) is 13.9. The molecule has 3 rings (SSSR count). The minimum atomic E-state index is -3.92. The van der Waals surface area contributed by atoms with E-state index in [9.17, 15) is 22.8 Å². The summed E-state index contributed by atoms with van der Waals surface area (Å²) in [6, 6.07) is 15.2. The summed E-state index contributed by atoms with van der Waals surface area (Å²) >= 11 is 0. The number of sulfonamides is 1. The van der Waals surface area contributed by atoms with E-state index in [1.54, 1.807) is 17.0 Å². The third kappa shape index (κ3) is 6.13. The quantitative estimate of drug-likeness (QED) is 0.469. The third-order valence-electron chi connectivity index (χ3n) is 6.54. The number of carbonyl (C=O) groups excluding carboxylic acids is 3. The topological polar surface area (TPSA) is 104 Å². The standard InChI is InChI=1S/C27H35N3O5S/c1-4-20(3)28-26(32)23(5-2)29(19-17-21-12-7-6-8-13-21)25(31)16-11-18-30-27(33)22-14-9-10-15-24(22)36(30,34)35/h6-10,12-15,20,23H,4-5,11,16-19H2,1-3H3,(H,28,32). The van der Waals surface area contributed by atoms with Crippen molar-refractivity contribution in [2.24, 2.45) is 0 Å². The number of amides is 3. The highest BCUT2D eigenvalue weighted by Crippen LogP contribution is 2.30. The molecule has 2 aromatic rings. The molecule has 0 bridgehead atoms. The monoisotopic (exact) mass is 513 g/mol. The van der Waals surface area contributed by atoms with Crippen molar-refractivity contribution in [3.63, 3.8) is 0 Å². The minimum absolute atomic E-state index is 0.00132. The van der Waals surface area contributed by atoms with Crippen molar-refractivity contribution in [2.45, 2.75) is 69.9 Å². The van der Waals surface area contributed by atoms with Crippen LogP contribution in [-0.2, 0) is 26.0 Å². The molecule has 3 amide bonds. The van der Waals surface area contributed by atoms with Crippen LogP contribution < -0.4 is 5.32 Å². The van der Waals surface area contributed by atoms with Crippen LogP contribution in [0, 0.1) is 0 Å². The molecule has 0 aliphatic carbocycles. The highest BCUT2D eigenvalue weighted by Gasteiger charge is 2.40. The predicted octanol–water partition coefficient (Wildman–Crippen LogP) is 3.38. The molecule has 0 fully saturated rings. The van der Waals surface area contributed by atoms with Crippen molar-refractivity contribution < 1.29 is 22.8 Å². The fraction of sp³-hybridized carbons (Fsp3) is 0.444. The highest BCUT2D eigenvalue weighted by molar-refractivity contribution is 7.90. The molecule has 0 aromatic heterocycles. The highest BCUT2D eigenvalue weighted by atomic mass is 32.2. The lowest BCUT2D eigenvalue weighted by Gasteiger charge is -2.31. The molecule has 1 aliphatic rings. The van der Waals surface area contributed by atoms with Crippen LogP contribution >= 0.6 is 0 Å². The maximum Gasteiger partial charge on any atom is 0.269 e. The van der Waals surface area contributed by atoms with E-state index in [2.05, 4.69) is 5.32 Å². The van der Waals surface area contributed by atoms with Gasteiger partial charge < -0.3 is 10.2 Å². The molecule has 2 atom stereocenters. The molecule has 194 valence electrons. The summed E-state index contributed by atoms with van der Waals surface area (Å²) in [4.78, 5) is 40.6. The molecule has 9 heteroatoms. The van der Waals surface area contributed by atoms with Gasteiger partial charge in [0.15, 0.2) is 0 Å². The second-order valence-electron chi connectivity index (χ2n) is 9.05. The average molecular weight is 514 g/mol. The maximum atomic E-state index is 13.4. The largest absolute Gasteiger partial charge is 0.352 e. The lowest BCUT2D eigenvalue weighted by molar-refractivity contribution is -0.141. The molecule has 0 spiro atoms. The van der Waals surface area contributed by atoms with Gasteiger partial charge in [0.05, 0.1) is 5.56 Å². The Hall–Kier alpha value is -3.20. The Morgan fingerprint density at radius 2 is 1.67 bits per heavy atom. The van der Waals surface area contributed by atoms with Gasteiger partial charge in [0.2, 0.25) is 11.8 Å². The number of rotatable bonds is 12. The summed E-state index contributed by atoms with van der Waals surface area (Å²) in [5.74, 6) is -1.00. The van der Waals surface area contributed by atoms with Crippen molar-refractivity contribution in [2.75, 3.05) is 13.1 Å². The summed E-state index contributed by atoms with van der Waals surface area (Å²) in [5.41, 5.74) is 1.21. The number of nitrogens with one attached hydrogen (secondary N) is 1. The smallest absolute Gasteiger partial charge is 0.269 e. The normalized spacial score (nSPS) is 15.8. The molecule has 1 aliphatic heterocycles. The van der Waals surface area contributed by atoms with Gasteiger partial charge in [-0.05, 0) is 50.3 Å². The van der Waals surface area contributed by atoms with E-state index in [0.717, 1.165) is 16.3 Å². The second kappa shape index (κ2) is 12.2. The van der Waals surface area contributed by atoms with Gasteiger partial charge in [-0.2, -0.15) is 0 Å². The molecule has 0 saturated heterocycles. The maximum absolute atomic E-state index is 13.4. The van der Waals surface area contributed by atoms with E-state index >= 15 is 0 Å². The van der Waals surface area contributed by atoms with Crippen molar-refractivity contribution in [3.05, 3.63) is 65.7 Å². The Morgan fingerprint density at radius 3 is 2.31 bits per heavy atom. The van der Waals surface area contributed by atoms with E-state index in [4.69, 9.17) is 0 Å². The molecule has 0 radical (unpaired) electrons. The molecular weight excluding hydrogens is 478 g/mol. The Labute approximate surface area is 213 Å². The summed E-state index contributed by atoms with van der Waals surface area (Å²) in [6.07, 6.45) is 2.02. The summed E-state index contributed by atoms with van der Waals surface area (Å²) < 4.78 is 26.4. The van der Waals surface area contributed by atoms with Crippen LogP contribution in [0.3, 0.4) is 0 Å². The number of carbonyl (C=O) groups is 3. The molecule has 2 unspecified atom stereocenters. The molecule has 8 nitrogen and oxygen atoms in total. The van der Waals surface area contributed by atoms with E-state index < -0.39 is 22.0 Å². The van der Waals surface area contributed by atoms with Gasteiger partial charge in [0.1, 0.15) is 10.9 Å². The van der Waals surface area contributed by atoms with Crippen LogP contribution in [-0.4, -0.2) is 60.5 Å². The zero-order valence-electron chi connectivity index (χ0n) is 21.1. The fourth-order valence-corrected chi connectivity index (χ4v) is 5.91. The van der Waals surface area contributed by atoms with Gasteiger partial charge in [-0.1, -0.05) is 56.3 Å². The van der Waals surface area contributed by atoms with E-state index in [-0.39, 0.29) is 47.7 Å². The van der Waals surface area contributed by atoms with Gasteiger partial charge >= 0.3 is 0 Å². The van der Waals surface area contributed by atoms with Crippen LogP contribution in [0.2, 0.25) is 0 Å². The summed E-state index contributed by atoms with van der Waals surface area (Å²) in [5, 5.41) is 2.98. The molecule has 1 N–H and O–H groups in total. The molecule has 0 saturated carbocycles. The van der Waals surface area contributed by atoms with Crippen LogP contribution in [0.5, 0.6) is 0 Å². The fourth-order valence-electron chi connectivity index (χ4n) is 4.31. The SMILES string of the molecule is CCC(C)NC(=O)C(CC)N(CCc1ccccc1)C(=O)CCCN1C(=O)c2ccccc2S1(=O)=O. The van der Waals surface area contributed by atoms with Crippen LogP contribution in [0.25, 0.3) is 0 Å². The molecular formula is C27H35N3O5S. The van der Waals surface area contributed by atoms with E-state index in [0.29, 0.717) is 19.4 Å². The molecule has 2 aromatic carbocycles. The van der Waals surface area contributed by atoms with Crippen LogP contribution in [0.4, 0.5) is 0 Å². The van der Waals surface area contributed by atoms with Gasteiger partial charge in [-0.3, -0.25) is 14.4 Å². The third-order valence-corrected chi connectivity index (χ3v) is 8.38. The second-order valence-corrected chi connectivity index (χ2v) is 10.9. The number of hydrogen-bond acceptors (Lipinski definition) is 5. The number of nitrogens with zero attached hydrogens (tertiary/aromatic N) is 2. The Morgan fingerprint density at radius 1 is 1.00 bits per heavy atom. The molecule has 1 heterocycles. The first-order valence-electron chi connectivity index (χ1n) is 12.5. The summed E-state index contributed by atoms with van der Waals surface area (Å²) in [6.45, 7) is 6.05. The first kappa shape index (κ1) is 27.4. The Bertz CT molecular complexity index is 1180. The van der Waals surface area contributed by atoms with Crippen LogP contribution in [0.1, 0.15) is 62.4 Å². The lowest BCUT2D eigenvalue weighted by Crippen LogP contribution is -2.51. The van der Waals surface area contributed by atoms with Crippen molar-refractivity contribution in [3.8, 4) is 0 Å². The van der Waals surface area contributed by atoms with Crippen molar-refractivity contribution in [1.29, 1.82) is 0 Å². The zero-order valence-corrected chi connectivity index (χ0v) is 22.0. The van der Waals surface area contributed by atoms with E-state index in [1.807, 2.05) is 51.1 Å². The van der Waals surface area contributed by atoms with Crippen molar-refractivity contribution in [1.82, 2.24) is 14.5 Å². The first-order chi connectivity index (χ1) is 17.2. The number of benzene rings is 2. The van der Waals surface area contributed by atoms with Gasteiger partial charge in [0.25, 0.3) is 15.9 Å². The van der Waals surface area contributed by atoms with Gasteiger partial charge in [-0.15, -0.1) is 0 Å². The Kier molecular flexibility index (Phi) is 9.25. The minimum Gasteiger partial charge on any atom is -0.352 e. The van der Waals surface area contributed by atoms with E-state index in [1.165, 1.54) is 12.1 Å². The lowest BCUT2D eigenvalue weighted by atomic mass is 10.1. The van der Waals surface area contributed by atoms with Gasteiger partial charge in [-0.25, -0.2) is 12.7 Å². The number of hydrogen-bond donors (Lipinski definition) is 1. The predicted molar refractivity (Wildman–Crippen MR) is 138 cm³/mol. The number of fused-ring (bicyclic) bond motifs is 1. The van der Waals surface area contributed by atoms with Crippen molar-refractivity contribution >= 4 is 27.7 Å². The Balaban J connectivity index is 1.70. The van der Waals surface area contributed by atoms with Crippen LogP contribution in [0.15, 0.2) is 59.5 Å². The molecule has 36 heavy (non-hydrogen) atoms.